The lowest BCUT2D eigenvalue weighted by atomic mass is 9.87. The molecular weight excluding hydrogens is 376 g/mol. The molecule has 0 radical (unpaired) electrons. The van der Waals surface area contributed by atoms with E-state index in [-0.39, 0.29) is 11.1 Å². The Hall–Kier alpha value is -3.80. The number of fused-ring (bicyclic) bond motifs is 1. The van der Waals surface area contributed by atoms with Crippen molar-refractivity contribution in [3.05, 3.63) is 88.5 Å². The lowest BCUT2D eigenvalue weighted by molar-refractivity contribution is -0.384. The second-order valence-corrected chi connectivity index (χ2v) is 8.17. The number of hydrogen-bond donors (Lipinski definition) is 1. The van der Waals surface area contributed by atoms with Gasteiger partial charge in [-0.25, -0.2) is 9.97 Å². The third-order valence-electron chi connectivity index (χ3n) is 4.93. The van der Waals surface area contributed by atoms with Crippen LogP contribution in [0.4, 0.5) is 17.2 Å². The Morgan fingerprint density at radius 2 is 1.63 bits per heavy atom. The van der Waals surface area contributed by atoms with E-state index >= 15 is 0 Å². The van der Waals surface area contributed by atoms with Crippen LogP contribution < -0.4 is 5.32 Å². The molecule has 0 amide bonds. The normalized spacial score (nSPS) is 11.4. The van der Waals surface area contributed by atoms with Crippen LogP contribution in [0.1, 0.15) is 26.3 Å². The first-order valence-corrected chi connectivity index (χ1v) is 9.70. The van der Waals surface area contributed by atoms with Crippen molar-refractivity contribution in [3.63, 3.8) is 0 Å². The fourth-order valence-electron chi connectivity index (χ4n) is 3.25. The third kappa shape index (κ3) is 3.98. The monoisotopic (exact) mass is 398 g/mol. The van der Waals surface area contributed by atoms with Crippen LogP contribution in [0.2, 0.25) is 0 Å². The quantitative estimate of drug-likeness (QED) is 0.325. The number of hydrogen-bond acceptors (Lipinski definition) is 5. The smallest absolute Gasteiger partial charge is 0.271 e. The molecule has 1 aromatic heterocycles. The summed E-state index contributed by atoms with van der Waals surface area (Å²) in [6.07, 6.45) is 0. The predicted molar refractivity (Wildman–Crippen MR) is 120 cm³/mol. The van der Waals surface area contributed by atoms with Crippen LogP contribution in [0.3, 0.4) is 0 Å². The zero-order chi connectivity index (χ0) is 21.3. The molecule has 0 bridgehead atoms. The van der Waals surface area contributed by atoms with Gasteiger partial charge < -0.3 is 5.32 Å². The summed E-state index contributed by atoms with van der Waals surface area (Å²) in [5, 5.41) is 15.2. The summed E-state index contributed by atoms with van der Waals surface area (Å²) < 4.78 is 0. The Morgan fingerprint density at radius 3 is 2.33 bits per heavy atom. The molecule has 0 atom stereocenters. The Labute approximate surface area is 174 Å². The highest BCUT2D eigenvalue weighted by Crippen LogP contribution is 2.30. The third-order valence-corrected chi connectivity index (χ3v) is 4.93. The van der Waals surface area contributed by atoms with Gasteiger partial charge in [0.25, 0.3) is 5.69 Å². The number of nitro groups is 1. The molecule has 6 heteroatoms. The standard InChI is InChI=1S/C24H22N4O2/c1-24(2,3)17-13-11-16(12-14-17)22-26-21-10-5-4-9-20(21)23(27-22)25-18-7-6-8-19(15-18)28(29)30/h4-15H,1-3H3,(H,25,26,27). The minimum atomic E-state index is -0.411. The van der Waals surface area contributed by atoms with Crippen LogP contribution in [0.15, 0.2) is 72.8 Å². The highest BCUT2D eigenvalue weighted by molar-refractivity contribution is 5.92. The van der Waals surface area contributed by atoms with Gasteiger partial charge in [-0.2, -0.15) is 0 Å². The number of benzene rings is 3. The molecule has 30 heavy (non-hydrogen) atoms. The van der Waals surface area contributed by atoms with E-state index < -0.39 is 4.92 Å². The molecule has 0 unspecified atom stereocenters. The predicted octanol–water partition coefficient (Wildman–Crippen LogP) is 6.25. The Bertz CT molecular complexity index is 1230. The summed E-state index contributed by atoms with van der Waals surface area (Å²) in [7, 11) is 0. The molecular formula is C24H22N4O2. The molecule has 0 aliphatic heterocycles. The van der Waals surface area contributed by atoms with Crippen LogP contribution in [0.25, 0.3) is 22.3 Å². The number of anilines is 2. The van der Waals surface area contributed by atoms with E-state index in [0.717, 1.165) is 16.5 Å². The molecule has 1 heterocycles. The van der Waals surface area contributed by atoms with Crippen molar-refractivity contribution >= 4 is 28.1 Å². The summed E-state index contributed by atoms with van der Waals surface area (Å²) in [6, 6.07) is 22.4. The Morgan fingerprint density at radius 1 is 0.900 bits per heavy atom. The summed E-state index contributed by atoms with van der Waals surface area (Å²) >= 11 is 0. The second kappa shape index (κ2) is 7.55. The molecule has 0 aliphatic rings. The average Bonchev–Trinajstić information content (AvgIpc) is 2.73. The highest BCUT2D eigenvalue weighted by Gasteiger charge is 2.15. The van der Waals surface area contributed by atoms with Gasteiger partial charge in [-0.3, -0.25) is 10.1 Å². The van der Waals surface area contributed by atoms with Gasteiger partial charge in [-0.05, 0) is 29.2 Å². The summed E-state index contributed by atoms with van der Waals surface area (Å²) in [5.41, 5.74) is 3.64. The summed E-state index contributed by atoms with van der Waals surface area (Å²) in [5.74, 6) is 1.21. The van der Waals surface area contributed by atoms with Crippen molar-refractivity contribution < 1.29 is 4.92 Å². The number of nitrogens with one attached hydrogen (secondary N) is 1. The van der Waals surface area contributed by atoms with E-state index in [1.165, 1.54) is 17.7 Å². The molecule has 0 spiro atoms. The summed E-state index contributed by atoms with van der Waals surface area (Å²) in [4.78, 5) is 20.2. The highest BCUT2D eigenvalue weighted by atomic mass is 16.6. The van der Waals surface area contributed by atoms with Gasteiger partial charge >= 0.3 is 0 Å². The molecule has 0 aliphatic carbocycles. The van der Waals surface area contributed by atoms with E-state index in [9.17, 15) is 10.1 Å². The maximum Gasteiger partial charge on any atom is 0.271 e. The van der Waals surface area contributed by atoms with E-state index in [0.29, 0.717) is 17.3 Å². The number of nitro benzene ring substituents is 1. The first kappa shape index (κ1) is 19.5. The van der Waals surface area contributed by atoms with E-state index in [4.69, 9.17) is 9.97 Å². The number of nitrogens with zero attached hydrogens (tertiary/aromatic N) is 3. The molecule has 3 aromatic carbocycles. The maximum absolute atomic E-state index is 11.1. The largest absolute Gasteiger partial charge is 0.339 e. The van der Waals surface area contributed by atoms with Gasteiger partial charge in [-0.1, -0.05) is 63.2 Å². The minimum absolute atomic E-state index is 0.0244. The Kier molecular flexibility index (Phi) is 4.91. The van der Waals surface area contributed by atoms with Crippen LogP contribution in [-0.2, 0) is 5.41 Å². The molecule has 0 saturated heterocycles. The topological polar surface area (TPSA) is 81.0 Å². The van der Waals surface area contributed by atoms with Crippen molar-refractivity contribution in [2.75, 3.05) is 5.32 Å². The fraction of sp³-hybridized carbons (Fsp3) is 0.167. The lowest BCUT2D eigenvalue weighted by Gasteiger charge is -2.19. The van der Waals surface area contributed by atoms with Gasteiger partial charge in [0.15, 0.2) is 5.82 Å². The minimum Gasteiger partial charge on any atom is -0.339 e. The van der Waals surface area contributed by atoms with Crippen molar-refractivity contribution in [2.45, 2.75) is 26.2 Å². The molecule has 4 aromatic rings. The Balaban J connectivity index is 1.78. The van der Waals surface area contributed by atoms with Crippen LogP contribution in [0, 0.1) is 10.1 Å². The molecule has 0 saturated carbocycles. The van der Waals surface area contributed by atoms with Crippen molar-refractivity contribution in [3.8, 4) is 11.4 Å². The zero-order valence-corrected chi connectivity index (χ0v) is 17.1. The first-order valence-electron chi connectivity index (χ1n) is 9.70. The SMILES string of the molecule is CC(C)(C)c1ccc(-c2nc(Nc3cccc([N+](=O)[O-])c3)c3ccccc3n2)cc1. The van der Waals surface area contributed by atoms with Gasteiger partial charge in [0.1, 0.15) is 5.82 Å². The molecule has 4 rings (SSSR count). The number of rotatable bonds is 4. The van der Waals surface area contributed by atoms with Crippen molar-refractivity contribution in [2.24, 2.45) is 0 Å². The summed E-state index contributed by atoms with van der Waals surface area (Å²) in [6.45, 7) is 6.53. The van der Waals surface area contributed by atoms with Crippen LogP contribution >= 0.6 is 0 Å². The van der Waals surface area contributed by atoms with Gasteiger partial charge in [0.05, 0.1) is 10.4 Å². The van der Waals surface area contributed by atoms with E-state index in [2.05, 4.69) is 38.2 Å². The maximum atomic E-state index is 11.1. The molecule has 150 valence electrons. The van der Waals surface area contributed by atoms with Crippen molar-refractivity contribution in [1.29, 1.82) is 0 Å². The number of non-ortho nitro benzene ring substituents is 1. The van der Waals surface area contributed by atoms with Gasteiger partial charge in [-0.15, -0.1) is 0 Å². The molecule has 0 fully saturated rings. The first-order chi connectivity index (χ1) is 14.3. The van der Waals surface area contributed by atoms with Gasteiger partial charge in [0, 0.05) is 28.8 Å². The number of aromatic nitrogens is 2. The van der Waals surface area contributed by atoms with Gasteiger partial charge in [0.2, 0.25) is 0 Å². The number of para-hydroxylation sites is 1. The van der Waals surface area contributed by atoms with Crippen LogP contribution in [-0.4, -0.2) is 14.9 Å². The zero-order valence-electron chi connectivity index (χ0n) is 17.1. The second-order valence-electron chi connectivity index (χ2n) is 8.17. The average molecular weight is 398 g/mol. The molecule has 1 N–H and O–H groups in total. The lowest BCUT2D eigenvalue weighted by Crippen LogP contribution is -2.10. The molecule has 6 nitrogen and oxygen atoms in total. The van der Waals surface area contributed by atoms with E-state index in [1.807, 2.05) is 36.4 Å². The van der Waals surface area contributed by atoms with E-state index in [1.54, 1.807) is 12.1 Å². The fourth-order valence-corrected chi connectivity index (χ4v) is 3.25. The van der Waals surface area contributed by atoms with Crippen molar-refractivity contribution in [1.82, 2.24) is 9.97 Å². The van der Waals surface area contributed by atoms with Crippen LogP contribution in [0.5, 0.6) is 0 Å².